The molecule has 8 heteroatoms. The van der Waals surface area contributed by atoms with E-state index in [0.717, 1.165) is 0 Å². The molecule has 0 bridgehead atoms. The van der Waals surface area contributed by atoms with E-state index in [-0.39, 0.29) is 11.6 Å². The van der Waals surface area contributed by atoms with Gasteiger partial charge in [-0.15, -0.1) is 0 Å². The Morgan fingerprint density at radius 3 is 2.70 bits per heavy atom. The standard InChI is InChI=1S/C19H13Cl2N5O/c1-11-7-17(18(27)25-16-9-13(20)5-6-15(16)21)26-19(23-11)24-14-4-2-3-12(8-14)10-22/h2-9H,1H3,(H,25,27)(H,23,24,26). The van der Waals surface area contributed by atoms with Crippen molar-refractivity contribution in [3.8, 4) is 6.07 Å². The molecular weight excluding hydrogens is 385 g/mol. The van der Waals surface area contributed by atoms with Gasteiger partial charge in [-0.3, -0.25) is 4.79 Å². The van der Waals surface area contributed by atoms with Crippen LogP contribution >= 0.6 is 23.2 Å². The zero-order valence-electron chi connectivity index (χ0n) is 14.1. The third-order valence-corrected chi connectivity index (χ3v) is 4.08. The maximum atomic E-state index is 12.6. The molecule has 0 saturated carbocycles. The molecule has 0 aliphatic rings. The van der Waals surface area contributed by atoms with Crippen LogP contribution < -0.4 is 10.6 Å². The van der Waals surface area contributed by atoms with E-state index < -0.39 is 5.91 Å². The highest BCUT2D eigenvalue weighted by Crippen LogP contribution is 2.26. The lowest BCUT2D eigenvalue weighted by molar-refractivity contribution is 0.102. The SMILES string of the molecule is Cc1cc(C(=O)Nc2cc(Cl)ccc2Cl)nc(Nc2cccc(C#N)c2)n1. The molecule has 0 aliphatic heterocycles. The number of hydrogen-bond acceptors (Lipinski definition) is 5. The van der Waals surface area contributed by atoms with E-state index in [4.69, 9.17) is 28.5 Å². The highest BCUT2D eigenvalue weighted by Gasteiger charge is 2.13. The van der Waals surface area contributed by atoms with Crippen LogP contribution in [0.4, 0.5) is 17.3 Å². The van der Waals surface area contributed by atoms with Crippen LogP contribution in [0.15, 0.2) is 48.5 Å². The second-order valence-electron chi connectivity index (χ2n) is 5.61. The Bertz CT molecular complexity index is 1060. The van der Waals surface area contributed by atoms with Gasteiger partial charge in [0.05, 0.1) is 22.3 Å². The fourth-order valence-electron chi connectivity index (χ4n) is 2.32. The second-order valence-corrected chi connectivity index (χ2v) is 6.46. The van der Waals surface area contributed by atoms with Gasteiger partial charge < -0.3 is 10.6 Å². The van der Waals surface area contributed by atoms with Crippen LogP contribution in [0.5, 0.6) is 0 Å². The zero-order valence-corrected chi connectivity index (χ0v) is 15.6. The van der Waals surface area contributed by atoms with Gasteiger partial charge in [-0.25, -0.2) is 9.97 Å². The average Bonchev–Trinajstić information content (AvgIpc) is 2.64. The Labute approximate surface area is 165 Å². The van der Waals surface area contributed by atoms with E-state index in [1.54, 1.807) is 55.5 Å². The number of carbonyl (C=O) groups is 1. The summed E-state index contributed by atoms with van der Waals surface area (Å²) in [7, 11) is 0. The number of aryl methyl sites for hydroxylation is 1. The Morgan fingerprint density at radius 2 is 1.93 bits per heavy atom. The third-order valence-electron chi connectivity index (χ3n) is 3.51. The number of hydrogen-bond donors (Lipinski definition) is 2. The van der Waals surface area contributed by atoms with Crippen molar-refractivity contribution in [2.45, 2.75) is 6.92 Å². The van der Waals surface area contributed by atoms with Crippen molar-refractivity contribution in [3.63, 3.8) is 0 Å². The minimum absolute atomic E-state index is 0.164. The van der Waals surface area contributed by atoms with Crippen LogP contribution in [0.1, 0.15) is 21.7 Å². The van der Waals surface area contributed by atoms with Gasteiger partial charge in [-0.2, -0.15) is 5.26 Å². The Kier molecular flexibility index (Phi) is 5.55. The first-order valence-corrected chi connectivity index (χ1v) is 8.59. The number of nitrogens with one attached hydrogen (secondary N) is 2. The lowest BCUT2D eigenvalue weighted by Gasteiger charge is -2.10. The van der Waals surface area contributed by atoms with Crippen LogP contribution in [-0.2, 0) is 0 Å². The normalized spacial score (nSPS) is 10.1. The number of benzene rings is 2. The Balaban J connectivity index is 1.85. The highest BCUT2D eigenvalue weighted by molar-refractivity contribution is 6.35. The quantitative estimate of drug-likeness (QED) is 0.648. The molecule has 27 heavy (non-hydrogen) atoms. The minimum Gasteiger partial charge on any atom is -0.324 e. The highest BCUT2D eigenvalue weighted by atomic mass is 35.5. The minimum atomic E-state index is -0.446. The predicted octanol–water partition coefficient (Wildman–Crippen LogP) is 4.96. The molecule has 1 aromatic heterocycles. The van der Waals surface area contributed by atoms with Crippen LogP contribution in [0, 0.1) is 18.3 Å². The van der Waals surface area contributed by atoms with Gasteiger partial charge in [0.1, 0.15) is 5.69 Å². The smallest absolute Gasteiger partial charge is 0.274 e. The number of amides is 1. The summed E-state index contributed by atoms with van der Waals surface area (Å²) in [6.45, 7) is 1.75. The molecule has 0 fully saturated rings. The molecule has 3 aromatic rings. The molecule has 0 radical (unpaired) electrons. The van der Waals surface area contributed by atoms with Gasteiger partial charge >= 0.3 is 0 Å². The summed E-state index contributed by atoms with van der Waals surface area (Å²) in [4.78, 5) is 21.1. The maximum absolute atomic E-state index is 12.6. The van der Waals surface area contributed by atoms with E-state index in [9.17, 15) is 4.79 Å². The molecule has 0 aliphatic carbocycles. The number of anilines is 3. The molecule has 6 nitrogen and oxygen atoms in total. The Hall–Kier alpha value is -3.14. The summed E-state index contributed by atoms with van der Waals surface area (Å²) in [6, 6.07) is 15.3. The largest absolute Gasteiger partial charge is 0.324 e. The number of rotatable bonds is 4. The number of nitriles is 1. The number of halogens is 2. The van der Waals surface area contributed by atoms with E-state index >= 15 is 0 Å². The summed E-state index contributed by atoms with van der Waals surface area (Å²) in [6.07, 6.45) is 0. The van der Waals surface area contributed by atoms with E-state index in [1.165, 1.54) is 0 Å². The lowest BCUT2D eigenvalue weighted by atomic mass is 10.2. The number of aromatic nitrogens is 2. The van der Waals surface area contributed by atoms with Crippen LogP contribution in [0.25, 0.3) is 0 Å². The topological polar surface area (TPSA) is 90.7 Å². The summed E-state index contributed by atoms with van der Waals surface area (Å²) >= 11 is 12.0. The van der Waals surface area contributed by atoms with Crippen molar-refractivity contribution < 1.29 is 4.79 Å². The first-order chi connectivity index (χ1) is 12.9. The van der Waals surface area contributed by atoms with Crippen molar-refractivity contribution in [1.29, 1.82) is 5.26 Å². The van der Waals surface area contributed by atoms with Crippen molar-refractivity contribution in [3.05, 3.63) is 75.5 Å². The van der Waals surface area contributed by atoms with Crippen molar-refractivity contribution in [2.75, 3.05) is 10.6 Å². The predicted molar refractivity (Wildman–Crippen MR) is 106 cm³/mol. The monoisotopic (exact) mass is 397 g/mol. The zero-order chi connectivity index (χ0) is 19.4. The summed E-state index contributed by atoms with van der Waals surface area (Å²) in [5.74, 6) is -0.203. The second kappa shape index (κ2) is 8.04. The first-order valence-electron chi connectivity index (χ1n) is 7.84. The first kappa shape index (κ1) is 18.6. The van der Waals surface area contributed by atoms with Crippen molar-refractivity contribution in [2.24, 2.45) is 0 Å². The molecule has 0 spiro atoms. The van der Waals surface area contributed by atoms with Gasteiger partial charge in [-0.05, 0) is 49.4 Å². The van der Waals surface area contributed by atoms with Gasteiger partial charge in [0.15, 0.2) is 0 Å². The number of nitrogens with zero attached hydrogens (tertiary/aromatic N) is 3. The molecule has 134 valence electrons. The summed E-state index contributed by atoms with van der Waals surface area (Å²) < 4.78 is 0. The molecule has 2 aromatic carbocycles. The molecule has 2 N–H and O–H groups in total. The summed E-state index contributed by atoms with van der Waals surface area (Å²) in [5, 5.41) is 15.5. The van der Waals surface area contributed by atoms with Gasteiger partial charge in [0.25, 0.3) is 5.91 Å². The third kappa shape index (κ3) is 4.73. The molecule has 0 saturated heterocycles. The molecule has 0 atom stereocenters. The van der Waals surface area contributed by atoms with Crippen molar-refractivity contribution in [1.82, 2.24) is 9.97 Å². The molecule has 0 unspecified atom stereocenters. The summed E-state index contributed by atoms with van der Waals surface area (Å²) in [5.41, 5.74) is 2.30. The van der Waals surface area contributed by atoms with E-state index in [1.807, 2.05) is 0 Å². The average molecular weight is 398 g/mol. The van der Waals surface area contributed by atoms with Gasteiger partial charge in [0, 0.05) is 16.4 Å². The fourth-order valence-corrected chi connectivity index (χ4v) is 2.65. The van der Waals surface area contributed by atoms with Crippen LogP contribution in [0.2, 0.25) is 10.0 Å². The van der Waals surface area contributed by atoms with Gasteiger partial charge in [-0.1, -0.05) is 29.3 Å². The Morgan fingerprint density at radius 1 is 1.11 bits per heavy atom. The molecule has 1 amide bonds. The van der Waals surface area contributed by atoms with Crippen LogP contribution in [-0.4, -0.2) is 15.9 Å². The fraction of sp³-hybridized carbons (Fsp3) is 0.0526. The number of carbonyl (C=O) groups excluding carboxylic acids is 1. The van der Waals surface area contributed by atoms with E-state index in [0.29, 0.717) is 32.7 Å². The van der Waals surface area contributed by atoms with Crippen LogP contribution in [0.3, 0.4) is 0 Å². The molecule has 1 heterocycles. The van der Waals surface area contributed by atoms with Crippen molar-refractivity contribution >= 4 is 46.4 Å². The molecule has 3 rings (SSSR count). The van der Waals surface area contributed by atoms with E-state index in [2.05, 4.69) is 26.7 Å². The maximum Gasteiger partial charge on any atom is 0.274 e. The van der Waals surface area contributed by atoms with Gasteiger partial charge in [0.2, 0.25) is 5.95 Å². The lowest BCUT2D eigenvalue weighted by Crippen LogP contribution is -2.15. The molecular formula is C19H13Cl2N5O.